The Balaban J connectivity index is 1.45. The zero-order valence-electron chi connectivity index (χ0n) is 31.2. The summed E-state index contributed by atoms with van der Waals surface area (Å²) in [5.41, 5.74) is 3.74. The highest BCUT2D eigenvalue weighted by Crippen LogP contribution is 2.38. The van der Waals surface area contributed by atoms with Gasteiger partial charge in [0.15, 0.2) is 5.82 Å². The molecule has 0 unspecified atom stereocenters. The first-order chi connectivity index (χ1) is 25.1. The first-order valence-corrected chi connectivity index (χ1v) is 22.8. The van der Waals surface area contributed by atoms with E-state index in [4.69, 9.17) is 9.84 Å². The first-order valence-electron chi connectivity index (χ1n) is 17.4. The number of aromatic hydroxyl groups is 1. The van der Waals surface area contributed by atoms with Crippen molar-refractivity contribution in [3.63, 3.8) is 0 Å². The van der Waals surface area contributed by atoms with Crippen molar-refractivity contribution in [1.29, 1.82) is 0 Å². The molecule has 16 heteroatoms. The number of fused-ring (bicyclic) bond motifs is 2. The largest absolute Gasteiger partial charge is 0.508 e. The summed E-state index contributed by atoms with van der Waals surface area (Å²) in [6.45, 7) is 11.8. The molecule has 0 amide bonds. The highest BCUT2D eigenvalue weighted by Gasteiger charge is 2.24. The number of hydrogen-bond acceptors (Lipinski definition) is 10. The number of sulfonamides is 1. The normalized spacial score (nSPS) is 12.9. The molecule has 3 N–H and O–H groups in total. The Morgan fingerprint density at radius 2 is 1.81 bits per heavy atom. The third-order valence-corrected chi connectivity index (χ3v) is 11.8. The number of hydrogen-bond donors (Lipinski definition) is 3. The maximum Gasteiger partial charge on any atom is 0.282 e. The summed E-state index contributed by atoms with van der Waals surface area (Å²) in [6, 6.07) is 16.3. The number of benzene rings is 2. The molecule has 6 aromatic rings. The topological polar surface area (TPSA) is 161 Å². The fourth-order valence-corrected chi connectivity index (χ4v) is 8.00. The van der Waals surface area contributed by atoms with Crippen LogP contribution in [0.3, 0.4) is 0 Å². The van der Waals surface area contributed by atoms with Gasteiger partial charge in [0.05, 0.1) is 28.6 Å². The van der Waals surface area contributed by atoms with E-state index in [1.54, 1.807) is 46.4 Å². The zero-order valence-corrected chi connectivity index (χ0v) is 33.0. The number of anilines is 2. The van der Waals surface area contributed by atoms with E-state index in [9.17, 15) is 18.3 Å². The van der Waals surface area contributed by atoms with Crippen LogP contribution in [0.15, 0.2) is 78.1 Å². The predicted molar refractivity (Wildman–Crippen MR) is 212 cm³/mol. The first kappa shape index (κ1) is 37.7. The summed E-state index contributed by atoms with van der Waals surface area (Å²) in [6.07, 6.45) is 5.10. The summed E-state index contributed by atoms with van der Waals surface area (Å²) < 4.78 is 39.7. The van der Waals surface area contributed by atoms with E-state index in [0.717, 1.165) is 11.6 Å². The molecule has 0 saturated heterocycles. The van der Waals surface area contributed by atoms with Gasteiger partial charge in [-0.1, -0.05) is 37.8 Å². The quantitative estimate of drug-likeness (QED) is 0.0876. The van der Waals surface area contributed by atoms with Crippen molar-refractivity contribution >= 4 is 46.2 Å². The minimum absolute atomic E-state index is 0.116. The summed E-state index contributed by atoms with van der Waals surface area (Å²) in [5, 5.41) is 19.9. The van der Waals surface area contributed by atoms with Gasteiger partial charge in [0.1, 0.15) is 35.8 Å². The average Bonchev–Trinajstić information content (AvgIpc) is 3.66. The fourth-order valence-electron chi connectivity index (χ4n) is 6.06. The minimum atomic E-state index is -3.71. The van der Waals surface area contributed by atoms with Crippen LogP contribution in [0.25, 0.3) is 33.4 Å². The third kappa shape index (κ3) is 8.62. The van der Waals surface area contributed by atoms with Crippen molar-refractivity contribution in [3.8, 4) is 22.6 Å². The van der Waals surface area contributed by atoms with E-state index >= 15 is 0 Å². The summed E-state index contributed by atoms with van der Waals surface area (Å²) in [4.78, 5) is 25.1. The molecular formula is C37H47N9O5SSi. The standard InChI is InChI=1S/C37H47N9O5SSi/c1-25-13-14-45-33(25)37(48)46(29-11-9-8-10-12-29)35(41-45)26(2)40-34-32-31(22-44(36(32)39-23-38-34)24-51-16-18-53(5,6)7)27-19-28(21-30(47)20-27)42-52(49,50)17-15-43(3)4/h8-14,19-23,26,42,47H,15-18,24H2,1-7H3,(H,38,39,40)/t26-/m0/s1. The molecule has 0 aliphatic heterocycles. The van der Waals surface area contributed by atoms with Gasteiger partial charge in [0, 0.05) is 45.2 Å². The van der Waals surface area contributed by atoms with Crippen LogP contribution in [0.1, 0.15) is 24.4 Å². The van der Waals surface area contributed by atoms with Gasteiger partial charge in [0.2, 0.25) is 10.0 Å². The van der Waals surface area contributed by atoms with Crippen LogP contribution < -0.4 is 15.6 Å². The Bertz CT molecular complexity index is 2420. The molecule has 0 aliphatic carbocycles. The minimum Gasteiger partial charge on any atom is -0.508 e. The van der Waals surface area contributed by atoms with Crippen LogP contribution in [-0.2, 0) is 21.5 Å². The van der Waals surface area contributed by atoms with Crippen molar-refractivity contribution in [2.75, 3.05) is 43.0 Å². The zero-order chi connectivity index (χ0) is 38.1. The van der Waals surface area contributed by atoms with E-state index in [1.165, 1.54) is 12.4 Å². The van der Waals surface area contributed by atoms with Gasteiger partial charge in [-0.2, -0.15) is 5.10 Å². The smallest absolute Gasteiger partial charge is 0.282 e. The molecule has 0 bridgehead atoms. The van der Waals surface area contributed by atoms with Crippen LogP contribution in [0.2, 0.25) is 25.7 Å². The average molecular weight is 758 g/mol. The number of ether oxygens (including phenoxy) is 1. The van der Waals surface area contributed by atoms with Gasteiger partial charge in [-0.3, -0.25) is 14.1 Å². The SMILES string of the molecule is Cc1ccn2nc([C@H](C)Nc3ncnc4c3c(-c3cc(O)cc(NS(=O)(=O)CCN(C)C)c3)cn4COCC[Si](C)(C)C)n(-c3ccccc3)c(=O)c12. The molecule has 4 aromatic heterocycles. The Morgan fingerprint density at radius 1 is 1.06 bits per heavy atom. The molecule has 2 aromatic carbocycles. The molecule has 0 aliphatic rings. The van der Waals surface area contributed by atoms with Gasteiger partial charge < -0.3 is 24.6 Å². The molecular weight excluding hydrogens is 711 g/mol. The van der Waals surface area contributed by atoms with Crippen molar-refractivity contribution < 1.29 is 18.3 Å². The third-order valence-electron chi connectivity index (χ3n) is 8.86. The van der Waals surface area contributed by atoms with E-state index in [2.05, 4.69) is 39.6 Å². The van der Waals surface area contributed by atoms with E-state index < -0.39 is 24.1 Å². The maximum absolute atomic E-state index is 14.0. The Hall–Kier alpha value is -5.03. The van der Waals surface area contributed by atoms with Crippen LogP contribution in [-0.4, -0.2) is 88.2 Å². The molecule has 1 atom stereocenters. The molecule has 0 spiro atoms. The number of nitrogens with zero attached hydrogens (tertiary/aromatic N) is 7. The van der Waals surface area contributed by atoms with E-state index in [1.807, 2.05) is 61.0 Å². The summed E-state index contributed by atoms with van der Waals surface area (Å²) in [5.74, 6) is 0.673. The molecule has 280 valence electrons. The second kappa shape index (κ2) is 15.1. The highest BCUT2D eigenvalue weighted by atomic mass is 32.2. The van der Waals surface area contributed by atoms with Gasteiger partial charge in [-0.05, 0) is 75.4 Å². The highest BCUT2D eigenvalue weighted by molar-refractivity contribution is 7.92. The molecule has 0 saturated carbocycles. The monoisotopic (exact) mass is 757 g/mol. The van der Waals surface area contributed by atoms with Gasteiger partial charge in [-0.15, -0.1) is 0 Å². The molecule has 14 nitrogen and oxygen atoms in total. The molecule has 53 heavy (non-hydrogen) atoms. The maximum atomic E-state index is 14.0. The number of phenols is 1. The van der Waals surface area contributed by atoms with Crippen molar-refractivity contribution in [3.05, 3.63) is 95.1 Å². The Labute approximate surface area is 310 Å². The van der Waals surface area contributed by atoms with E-state index in [0.29, 0.717) is 58.2 Å². The number of nitrogens with one attached hydrogen (secondary N) is 2. The van der Waals surface area contributed by atoms with Crippen LogP contribution in [0.5, 0.6) is 5.75 Å². The van der Waals surface area contributed by atoms with Crippen LogP contribution in [0.4, 0.5) is 11.5 Å². The second-order valence-corrected chi connectivity index (χ2v) is 22.2. The number of rotatable bonds is 15. The van der Waals surface area contributed by atoms with Crippen LogP contribution >= 0.6 is 0 Å². The van der Waals surface area contributed by atoms with Crippen LogP contribution in [0, 0.1) is 6.92 Å². The lowest BCUT2D eigenvalue weighted by atomic mass is 10.0. The lowest BCUT2D eigenvalue weighted by molar-refractivity contribution is 0.0899. The predicted octanol–water partition coefficient (Wildman–Crippen LogP) is 5.70. The molecule has 6 rings (SSSR count). The number of aromatic nitrogens is 6. The molecule has 0 fully saturated rings. The lowest BCUT2D eigenvalue weighted by Crippen LogP contribution is -2.29. The second-order valence-electron chi connectivity index (χ2n) is 14.8. The fraction of sp³-hybridized carbons (Fsp3) is 0.351. The number of phenolic OH excluding ortho intramolecular Hbond substituents is 1. The lowest BCUT2D eigenvalue weighted by Gasteiger charge is -2.20. The summed E-state index contributed by atoms with van der Waals surface area (Å²) in [7, 11) is -1.44. The number of aryl methyl sites for hydroxylation is 1. The van der Waals surface area contributed by atoms with Crippen molar-refractivity contribution in [2.24, 2.45) is 0 Å². The molecule has 0 radical (unpaired) electrons. The Morgan fingerprint density at radius 3 is 2.53 bits per heavy atom. The van der Waals surface area contributed by atoms with Gasteiger partial charge in [-0.25, -0.2) is 22.9 Å². The van der Waals surface area contributed by atoms with Crippen molar-refractivity contribution in [1.82, 2.24) is 33.6 Å². The van der Waals surface area contributed by atoms with Gasteiger partial charge >= 0.3 is 0 Å². The summed E-state index contributed by atoms with van der Waals surface area (Å²) >= 11 is 0. The van der Waals surface area contributed by atoms with Gasteiger partial charge in [0.25, 0.3) is 5.56 Å². The Kier molecular flexibility index (Phi) is 10.8. The van der Waals surface area contributed by atoms with E-state index in [-0.39, 0.29) is 29.5 Å². The molecule has 4 heterocycles. The number of para-hydroxylation sites is 1. The van der Waals surface area contributed by atoms with Crippen molar-refractivity contribution in [2.45, 2.75) is 52.3 Å².